The molecule has 28 heavy (non-hydrogen) atoms. The molecule has 1 aliphatic heterocycles. The maximum absolute atomic E-state index is 13.8. The van der Waals surface area contributed by atoms with Gasteiger partial charge in [-0.1, -0.05) is 12.1 Å². The normalized spacial score (nSPS) is 16.1. The highest BCUT2D eigenvalue weighted by Crippen LogP contribution is 2.28. The third-order valence-electron chi connectivity index (χ3n) is 4.97. The number of piperazine rings is 1. The second-order valence-corrected chi connectivity index (χ2v) is 8.72. The minimum absolute atomic E-state index is 0.00365. The van der Waals surface area contributed by atoms with Gasteiger partial charge in [0.2, 0.25) is 10.0 Å². The summed E-state index contributed by atoms with van der Waals surface area (Å²) >= 11 is 0. The third kappa shape index (κ3) is 4.29. The van der Waals surface area contributed by atoms with Crippen LogP contribution in [0.3, 0.4) is 0 Å². The molecule has 0 aliphatic carbocycles. The van der Waals surface area contributed by atoms with E-state index in [1.807, 2.05) is 18.2 Å². The van der Waals surface area contributed by atoms with Crippen molar-refractivity contribution in [1.82, 2.24) is 9.21 Å². The van der Waals surface area contributed by atoms with Crippen LogP contribution in [0.5, 0.6) is 11.5 Å². The molecule has 0 aromatic heterocycles. The molecular formula is C20H25FN2O4S. The maximum atomic E-state index is 13.8. The van der Waals surface area contributed by atoms with Crippen LogP contribution in [0.1, 0.15) is 11.1 Å². The second kappa shape index (κ2) is 8.46. The van der Waals surface area contributed by atoms with Gasteiger partial charge in [0.1, 0.15) is 5.82 Å². The average molecular weight is 408 g/mol. The van der Waals surface area contributed by atoms with Crippen molar-refractivity contribution in [1.29, 1.82) is 0 Å². The first-order valence-corrected chi connectivity index (χ1v) is 10.5. The molecule has 0 radical (unpaired) electrons. The second-order valence-electron chi connectivity index (χ2n) is 6.78. The third-order valence-corrected chi connectivity index (χ3v) is 6.86. The number of ether oxygens (including phenoxy) is 2. The molecule has 0 N–H and O–H groups in total. The highest BCUT2D eigenvalue weighted by atomic mass is 32.2. The minimum Gasteiger partial charge on any atom is -0.493 e. The molecule has 1 heterocycles. The lowest BCUT2D eigenvalue weighted by Gasteiger charge is -2.34. The van der Waals surface area contributed by atoms with Crippen LogP contribution in [-0.2, 0) is 16.6 Å². The lowest BCUT2D eigenvalue weighted by molar-refractivity contribution is 0.181. The molecule has 0 amide bonds. The zero-order valence-electron chi connectivity index (χ0n) is 16.3. The van der Waals surface area contributed by atoms with Gasteiger partial charge in [-0.25, -0.2) is 12.8 Å². The van der Waals surface area contributed by atoms with Gasteiger partial charge in [-0.2, -0.15) is 4.31 Å². The van der Waals surface area contributed by atoms with Crippen LogP contribution in [0.4, 0.5) is 4.39 Å². The van der Waals surface area contributed by atoms with Gasteiger partial charge in [-0.05, 0) is 42.3 Å². The van der Waals surface area contributed by atoms with E-state index in [1.54, 1.807) is 21.1 Å². The van der Waals surface area contributed by atoms with Crippen LogP contribution in [0, 0.1) is 12.7 Å². The maximum Gasteiger partial charge on any atom is 0.243 e. The largest absolute Gasteiger partial charge is 0.493 e. The monoisotopic (exact) mass is 408 g/mol. The fraction of sp³-hybridized carbons (Fsp3) is 0.400. The van der Waals surface area contributed by atoms with E-state index in [0.717, 1.165) is 11.6 Å². The molecule has 1 aliphatic rings. The average Bonchev–Trinajstić information content (AvgIpc) is 2.70. The number of aryl methyl sites for hydroxylation is 1. The number of benzene rings is 2. The van der Waals surface area contributed by atoms with Crippen LogP contribution in [0.15, 0.2) is 41.3 Å². The molecule has 2 aromatic carbocycles. The molecule has 0 atom stereocenters. The van der Waals surface area contributed by atoms with Crippen LogP contribution in [0.2, 0.25) is 0 Å². The highest BCUT2D eigenvalue weighted by molar-refractivity contribution is 7.89. The summed E-state index contributed by atoms with van der Waals surface area (Å²) in [6.45, 7) is 4.23. The number of halogens is 1. The summed E-state index contributed by atoms with van der Waals surface area (Å²) < 4.78 is 51.4. The summed E-state index contributed by atoms with van der Waals surface area (Å²) in [7, 11) is -0.496. The van der Waals surface area contributed by atoms with Gasteiger partial charge in [0.15, 0.2) is 11.5 Å². The van der Waals surface area contributed by atoms with Gasteiger partial charge >= 0.3 is 0 Å². The predicted octanol–water partition coefficient (Wildman–Crippen LogP) is 2.66. The first-order chi connectivity index (χ1) is 13.3. The summed E-state index contributed by atoms with van der Waals surface area (Å²) in [5.41, 5.74) is 1.49. The number of rotatable bonds is 6. The van der Waals surface area contributed by atoms with E-state index >= 15 is 0 Å². The fourth-order valence-corrected chi connectivity index (χ4v) is 4.68. The van der Waals surface area contributed by atoms with E-state index in [2.05, 4.69) is 4.90 Å². The first-order valence-electron chi connectivity index (χ1n) is 9.04. The Bertz CT molecular complexity index is 941. The van der Waals surface area contributed by atoms with Gasteiger partial charge < -0.3 is 9.47 Å². The van der Waals surface area contributed by atoms with Crippen LogP contribution in [-0.4, -0.2) is 58.0 Å². The Labute approximate surface area is 165 Å². The number of sulfonamides is 1. The SMILES string of the molecule is COc1ccc(CN2CCN(S(=O)(=O)c3ccc(C)c(F)c3)CC2)cc1OC. The molecule has 2 aromatic rings. The van der Waals surface area contributed by atoms with Crippen LogP contribution in [0.25, 0.3) is 0 Å². The number of hydrogen-bond acceptors (Lipinski definition) is 5. The van der Waals surface area contributed by atoms with Crippen molar-refractivity contribution >= 4 is 10.0 Å². The smallest absolute Gasteiger partial charge is 0.243 e. The number of nitrogens with zero attached hydrogens (tertiary/aromatic N) is 2. The Morgan fingerprint density at radius 1 is 0.964 bits per heavy atom. The Morgan fingerprint density at radius 2 is 1.64 bits per heavy atom. The molecule has 3 rings (SSSR count). The summed E-state index contributed by atoms with van der Waals surface area (Å²) in [6, 6.07) is 9.82. The molecule has 0 bridgehead atoms. The van der Waals surface area contributed by atoms with Crippen molar-refractivity contribution < 1.29 is 22.3 Å². The standard InChI is InChI=1S/C20H25FN2O4S/c1-15-4-6-17(13-18(15)21)28(24,25)23-10-8-22(9-11-23)14-16-5-7-19(26-2)20(12-16)27-3/h4-7,12-13H,8-11,14H2,1-3H3. The minimum atomic E-state index is -3.69. The van der Waals surface area contributed by atoms with E-state index in [-0.39, 0.29) is 4.90 Å². The quantitative estimate of drug-likeness (QED) is 0.736. The zero-order valence-corrected chi connectivity index (χ0v) is 17.1. The van der Waals surface area contributed by atoms with Crippen molar-refractivity contribution in [2.75, 3.05) is 40.4 Å². The molecule has 1 saturated heterocycles. The Morgan fingerprint density at radius 3 is 2.25 bits per heavy atom. The molecule has 0 unspecified atom stereocenters. The number of hydrogen-bond donors (Lipinski definition) is 0. The molecule has 8 heteroatoms. The van der Waals surface area contributed by atoms with E-state index in [0.29, 0.717) is 49.8 Å². The predicted molar refractivity (Wildman–Crippen MR) is 105 cm³/mol. The Kier molecular flexibility index (Phi) is 6.22. The lowest BCUT2D eigenvalue weighted by Crippen LogP contribution is -2.48. The van der Waals surface area contributed by atoms with Crippen molar-refractivity contribution in [3.8, 4) is 11.5 Å². The Hall–Kier alpha value is -2.16. The van der Waals surface area contributed by atoms with E-state index in [1.165, 1.54) is 16.4 Å². The molecule has 0 spiro atoms. The first kappa shape index (κ1) is 20.6. The van der Waals surface area contributed by atoms with E-state index < -0.39 is 15.8 Å². The summed E-state index contributed by atoms with van der Waals surface area (Å²) in [5, 5.41) is 0. The zero-order chi connectivity index (χ0) is 20.3. The molecule has 6 nitrogen and oxygen atoms in total. The van der Waals surface area contributed by atoms with Crippen LogP contribution >= 0.6 is 0 Å². The van der Waals surface area contributed by atoms with Gasteiger partial charge in [-0.15, -0.1) is 0 Å². The van der Waals surface area contributed by atoms with Gasteiger partial charge in [0, 0.05) is 32.7 Å². The number of methoxy groups -OCH3 is 2. The molecule has 152 valence electrons. The van der Waals surface area contributed by atoms with Gasteiger partial charge in [0.05, 0.1) is 19.1 Å². The van der Waals surface area contributed by atoms with Gasteiger partial charge in [-0.3, -0.25) is 4.90 Å². The summed E-state index contributed by atoms with van der Waals surface area (Å²) in [4.78, 5) is 2.19. The van der Waals surface area contributed by atoms with Crippen molar-refractivity contribution in [2.24, 2.45) is 0 Å². The van der Waals surface area contributed by atoms with E-state index in [4.69, 9.17) is 9.47 Å². The highest BCUT2D eigenvalue weighted by Gasteiger charge is 2.29. The van der Waals surface area contributed by atoms with E-state index in [9.17, 15) is 12.8 Å². The van der Waals surface area contributed by atoms with Crippen LogP contribution < -0.4 is 9.47 Å². The van der Waals surface area contributed by atoms with Crippen molar-refractivity contribution in [3.05, 3.63) is 53.3 Å². The van der Waals surface area contributed by atoms with Gasteiger partial charge in [0.25, 0.3) is 0 Å². The molecular weight excluding hydrogens is 383 g/mol. The topological polar surface area (TPSA) is 59.1 Å². The molecule has 0 saturated carbocycles. The summed E-state index contributed by atoms with van der Waals surface area (Å²) in [6.07, 6.45) is 0. The van der Waals surface area contributed by atoms with Crippen molar-refractivity contribution in [2.45, 2.75) is 18.4 Å². The summed E-state index contributed by atoms with van der Waals surface area (Å²) in [5.74, 6) is 0.836. The fourth-order valence-electron chi connectivity index (χ4n) is 3.25. The lowest BCUT2D eigenvalue weighted by atomic mass is 10.1. The molecule has 1 fully saturated rings. The Balaban J connectivity index is 1.65. The van der Waals surface area contributed by atoms with Crippen molar-refractivity contribution in [3.63, 3.8) is 0 Å².